The van der Waals surface area contributed by atoms with Crippen molar-refractivity contribution in [3.05, 3.63) is 30.3 Å². The van der Waals surface area contributed by atoms with Gasteiger partial charge in [0.25, 0.3) is 0 Å². The Kier molecular flexibility index (Phi) is 4.97. The molecule has 0 spiro atoms. The molecule has 1 aliphatic heterocycles. The number of hydrogen-bond donors (Lipinski definition) is 1. The Morgan fingerprint density at radius 2 is 2.39 bits per heavy atom. The van der Waals surface area contributed by atoms with Crippen LogP contribution in [0.4, 0.5) is 0 Å². The highest BCUT2D eigenvalue weighted by Crippen LogP contribution is 2.16. The molecule has 2 atom stereocenters. The fraction of sp³-hybridized carbons (Fsp3) is 0.500. The molecule has 3 heterocycles. The Labute approximate surface area is 134 Å². The molecule has 1 fully saturated rings. The molecule has 1 amide bonds. The van der Waals surface area contributed by atoms with Crippen LogP contribution in [-0.2, 0) is 16.0 Å². The van der Waals surface area contributed by atoms with Crippen molar-refractivity contribution in [3.8, 4) is 11.5 Å². The van der Waals surface area contributed by atoms with Crippen LogP contribution in [-0.4, -0.2) is 39.8 Å². The fourth-order valence-corrected chi connectivity index (χ4v) is 2.59. The van der Waals surface area contributed by atoms with E-state index in [0.717, 1.165) is 19.4 Å². The lowest BCUT2D eigenvalue weighted by Gasteiger charge is -2.19. The lowest BCUT2D eigenvalue weighted by atomic mass is 10.1. The topological polar surface area (TPSA) is 90.1 Å². The van der Waals surface area contributed by atoms with E-state index in [9.17, 15) is 4.79 Å². The van der Waals surface area contributed by atoms with Gasteiger partial charge < -0.3 is 14.6 Å². The normalized spacial score (nSPS) is 18.7. The molecule has 2 aromatic heterocycles. The van der Waals surface area contributed by atoms with Gasteiger partial charge in [-0.15, -0.1) is 0 Å². The molecule has 3 rings (SSSR count). The molecule has 122 valence electrons. The van der Waals surface area contributed by atoms with E-state index in [-0.39, 0.29) is 18.1 Å². The van der Waals surface area contributed by atoms with Crippen molar-refractivity contribution < 1.29 is 14.1 Å². The Morgan fingerprint density at radius 1 is 1.48 bits per heavy atom. The Bertz CT molecular complexity index is 638. The quantitative estimate of drug-likeness (QED) is 0.873. The summed E-state index contributed by atoms with van der Waals surface area (Å²) in [5, 5.41) is 6.85. The standard InChI is InChI=1S/C16H20N4O3/c1-11(13-6-4-10-22-13)18-14(21)7-8-15-19-16(20-23-15)12-5-2-3-9-17-12/h2-3,5,9,11,13H,4,6-8,10H2,1H3,(H,18,21)/t11-,13-/m1/s1. The summed E-state index contributed by atoms with van der Waals surface area (Å²) in [6, 6.07) is 5.52. The van der Waals surface area contributed by atoms with E-state index < -0.39 is 0 Å². The van der Waals surface area contributed by atoms with E-state index in [0.29, 0.717) is 30.3 Å². The number of nitrogens with one attached hydrogen (secondary N) is 1. The van der Waals surface area contributed by atoms with Gasteiger partial charge in [-0.25, -0.2) is 0 Å². The van der Waals surface area contributed by atoms with Gasteiger partial charge in [0, 0.05) is 25.6 Å². The van der Waals surface area contributed by atoms with E-state index in [4.69, 9.17) is 9.26 Å². The van der Waals surface area contributed by atoms with Crippen LogP contribution in [0.15, 0.2) is 28.9 Å². The summed E-state index contributed by atoms with van der Waals surface area (Å²) in [5.74, 6) is 0.838. The van der Waals surface area contributed by atoms with Crippen molar-refractivity contribution in [1.29, 1.82) is 0 Å². The Balaban J connectivity index is 1.48. The van der Waals surface area contributed by atoms with Gasteiger partial charge in [0.05, 0.1) is 12.1 Å². The molecule has 1 aliphatic rings. The molecular weight excluding hydrogens is 296 g/mol. The second-order valence-electron chi connectivity index (χ2n) is 5.63. The van der Waals surface area contributed by atoms with Gasteiger partial charge in [0.2, 0.25) is 17.6 Å². The highest BCUT2D eigenvalue weighted by atomic mass is 16.5. The van der Waals surface area contributed by atoms with Crippen LogP contribution in [0.5, 0.6) is 0 Å². The van der Waals surface area contributed by atoms with E-state index in [1.807, 2.05) is 25.1 Å². The number of amides is 1. The van der Waals surface area contributed by atoms with Gasteiger partial charge in [0.1, 0.15) is 5.69 Å². The molecule has 0 radical (unpaired) electrons. The van der Waals surface area contributed by atoms with Crippen molar-refractivity contribution in [2.24, 2.45) is 0 Å². The smallest absolute Gasteiger partial charge is 0.227 e. The van der Waals surface area contributed by atoms with E-state index in [2.05, 4.69) is 20.4 Å². The van der Waals surface area contributed by atoms with Crippen LogP contribution < -0.4 is 5.32 Å². The van der Waals surface area contributed by atoms with E-state index >= 15 is 0 Å². The van der Waals surface area contributed by atoms with Crippen LogP contribution in [0, 0.1) is 0 Å². The summed E-state index contributed by atoms with van der Waals surface area (Å²) in [6.07, 6.45) is 4.57. The number of nitrogens with zero attached hydrogens (tertiary/aromatic N) is 3. The molecule has 2 aromatic rings. The molecule has 1 saturated heterocycles. The summed E-state index contributed by atoms with van der Waals surface area (Å²) in [6.45, 7) is 2.75. The minimum Gasteiger partial charge on any atom is -0.376 e. The van der Waals surface area contributed by atoms with Gasteiger partial charge in [-0.1, -0.05) is 11.2 Å². The molecule has 0 aliphatic carbocycles. The maximum absolute atomic E-state index is 12.0. The van der Waals surface area contributed by atoms with Gasteiger partial charge in [-0.05, 0) is 31.9 Å². The first-order valence-electron chi connectivity index (χ1n) is 7.87. The van der Waals surface area contributed by atoms with Crippen LogP contribution in [0.25, 0.3) is 11.5 Å². The highest BCUT2D eigenvalue weighted by Gasteiger charge is 2.23. The lowest BCUT2D eigenvalue weighted by Crippen LogP contribution is -2.40. The minimum absolute atomic E-state index is 0.0248. The van der Waals surface area contributed by atoms with Crippen LogP contribution >= 0.6 is 0 Å². The molecule has 1 N–H and O–H groups in total. The first kappa shape index (κ1) is 15.6. The summed E-state index contributed by atoms with van der Waals surface area (Å²) in [7, 11) is 0. The van der Waals surface area contributed by atoms with Gasteiger partial charge in [-0.2, -0.15) is 4.98 Å². The van der Waals surface area contributed by atoms with E-state index in [1.165, 1.54) is 0 Å². The molecule has 0 unspecified atom stereocenters. The van der Waals surface area contributed by atoms with Crippen molar-refractivity contribution in [2.45, 2.75) is 44.8 Å². The number of hydrogen-bond acceptors (Lipinski definition) is 6. The molecule has 0 saturated carbocycles. The second kappa shape index (κ2) is 7.32. The molecule has 0 bridgehead atoms. The molecule has 23 heavy (non-hydrogen) atoms. The number of carbonyl (C=O) groups is 1. The summed E-state index contributed by atoms with van der Waals surface area (Å²) >= 11 is 0. The number of aryl methyl sites for hydroxylation is 1. The SMILES string of the molecule is C[C@@H](NC(=O)CCc1nc(-c2ccccn2)no1)[C@H]1CCCO1. The Morgan fingerprint density at radius 3 is 3.13 bits per heavy atom. The van der Waals surface area contributed by atoms with Crippen molar-refractivity contribution >= 4 is 5.91 Å². The third-order valence-electron chi connectivity index (χ3n) is 3.84. The van der Waals surface area contributed by atoms with Crippen LogP contribution in [0.3, 0.4) is 0 Å². The average Bonchev–Trinajstić information content (AvgIpc) is 3.25. The molecule has 7 nitrogen and oxygen atoms in total. The third kappa shape index (κ3) is 4.13. The molecule has 0 aromatic carbocycles. The molecule has 7 heteroatoms. The number of ether oxygens (including phenoxy) is 1. The van der Waals surface area contributed by atoms with Crippen LogP contribution in [0.1, 0.15) is 32.1 Å². The third-order valence-corrected chi connectivity index (χ3v) is 3.84. The number of aromatic nitrogens is 3. The van der Waals surface area contributed by atoms with Gasteiger partial charge >= 0.3 is 0 Å². The number of carbonyl (C=O) groups excluding carboxylic acids is 1. The Hall–Kier alpha value is -2.28. The van der Waals surface area contributed by atoms with Crippen molar-refractivity contribution in [3.63, 3.8) is 0 Å². The summed E-state index contributed by atoms with van der Waals surface area (Å²) in [4.78, 5) is 20.4. The van der Waals surface area contributed by atoms with Crippen molar-refractivity contribution in [1.82, 2.24) is 20.4 Å². The first-order chi connectivity index (χ1) is 11.2. The maximum Gasteiger partial charge on any atom is 0.227 e. The van der Waals surface area contributed by atoms with Crippen LogP contribution in [0.2, 0.25) is 0 Å². The molecular formula is C16H20N4O3. The first-order valence-corrected chi connectivity index (χ1v) is 7.87. The zero-order chi connectivity index (χ0) is 16.1. The average molecular weight is 316 g/mol. The maximum atomic E-state index is 12.0. The predicted octanol–water partition coefficient (Wildman–Crippen LogP) is 1.75. The monoisotopic (exact) mass is 316 g/mol. The fourth-order valence-electron chi connectivity index (χ4n) is 2.59. The predicted molar refractivity (Wildman–Crippen MR) is 82.4 cm³/mol. The second-order valence-corrected chi connectivity index (χ2v) is 5.63. The zero-order valence-corrected chi connectivity index (χ0v) is 13.1. The minimum atomic E-state index is -0.0365. The lowest BCUT2D eigenvalue weighted by molar-refractivity contribution is -0.122. The van der Waals surface area contributed by atoms with E-state index in [1.54, 1.807) is 6.20 Å². The highest BCUT2D eigenvalue weighted by molar-refractivity contribution is 5.76. The number of rotatable bonds is 6. The zero-order valence-electron chi connectivity index (χ0n) is 13.1. The van der Waals surface area contributed by atoms with Gasteiger partial charge in [-0.3, -0.25) is 9.78 Å². The van der Waals surface area contributed by atoms with Gasteiger partial charge in [0.15, 0.2) is 0 Å². The summed E-state index contributed by atoms with van der Waals surface area (Å²) < 4.78 is 10.7. The summed E-state index contributed by atoms with van der Waals surface area (Å²) in [5.41, 5.74) is 0.652. The number of pyridine rings is 1. The largest absolute Gasteiger partial charge is 0.376 e. The van der Waals surface area contributed by atoms with Crippen molar-refractivity contribution in [2.75, 3.05) is 6.61 Å².